The van der Waals surface area contributed by atoms with Crippen LogP contribution < -0.4 is 0 Å². The molecule has 17 heavy (non-hydrogen) atoms. The second-order valence-electron chi connectivity index (χ2n) is 3.93. The lowest BCUT2D eigenvalue weighted by Gasteiger charge is -2.03. The summed E-state index contributed by atoms with van der Waals surface area (Å²) in [6.45, 7) is 2.09. The van der Waals surface area contributed by atoms with E-state index >= 15 is 0 Å². The molecule has 0 aliphatic heterocycles. The number of rotatable bonds is 9. The van der Waals surface area contributed by atoms with Gasteiger partial charge in [-0.05, 0) is 18.4 Å². The van der Waals surface area contributed by atoms with Crippen molar-refractivity contribution in [3.8, 4) is 0 Å². The molecule has 3 heteroatoms. The summed E-state index contributed by atoms with van der Waals surface area (Å²) >= 11 is 0. The van der Waals surface area contributed by atoms with Crippen molar-refractivity contribution in [1.29, 1.82) is 0 Å². The number of isocyanates is 1. The Labute approximate surface area is 103 Å². The Morgan fingerprint density at radius 3 is 2.59 bits per heavy atom. The molecule has 92 valence electrons. The molecule has 0 radical (unpaired) electrons. The van der Waals surface area contributed by atoms with Gasteiger partial charge in [0.2, 0.25) is 6.08 Å². The Morgan fingerprint density at radius 1 is 1.06 bits per heavy atom. The second-order valence-corrected chi connectivity index (χ2v) is 3.93. The number of ether oxygens (including phenoxy) is 1. The van der Waals surface area contributed by atoms with Gasteiger partial charge in [0.1, 0.15) is 0 Å². The lowest BCUT2D eigenvalue weighted by Crippen LogP contribution is -1.95. The molecule has 0 unspecified atom stereocenters. The summed E-state index contributed by atoms with van der Waals surface area (Å²) in [5.41, 5.74) is 1.22. The van der Waals surface area contributed by atoms with Crippen LogP contribution in [-0.2, 0) is 16.1 Å². The van der Waals surface area contributed by atoms with Gasteiger partial charge in [-0.3, -0.25) is 0 Å². The van der Waals surface area contributed by atoms with E-state index in [-0.39, 0.29) is 0 Å². The third-order valence-electron chi connectivity index (χ3n) is 2.48. The summed E-state index contributed by atoms with van der Waals surface area (Å²) in [4.78, 5) is 13.3. The van der Waals surface area contributed by atoms with Crippen LogP contribution >= 0.6 is 0 Å². The van der Waals surface area contributed by atoms with E-state index in [0.29, 0.717) is 13.2 Å². The number of carbonyl (C=O) groups excluding carboxylic acids is 1. The normalized spacial score (nSPS) is 9.88. The summed E-state index contributed by atoms with van der Waals surface area (Å²) in [5, 5.41) is 0. The van der Waals surface area contributed by atoms with Gasteiger partial charge in [-0.15, -0.1) is 0 Å². The molecule has 1 aromatic carbocycles. The topological polar surface area (TPSA) is 38.7 Å². The summed E-state index contributed by atoms with van der Waals surface area (Å²) in [7, 11) is 0. The van der Waals surface area contributed by atoms with Crippen molar-refractivity contribution < 1.29 is 9.53 Å². The predicted octanol–water partition coefficient (Wildman–Crippen LogP) is 3.10. The fraction of sp³-hybridized carbons (Fsp3) is 0.500. The molecule has 1 rings (SSSR count). The molecule has 0 heterocycles. The first-order valence-corrected chi connectivity index (χ1v) is 6.09. The molecule has 0 saturated heterocycles. The van der Waals surface area contributed by atoms with Gasteiger partial charge in [-0.1, -0.05) is 43.2 Å². The zero-order chi connectivity index (χ0) is 12.2. The highest BCUT2D eigenvalue weighted by atomic mass is 16.5. The van der Waals surface area contributed by atoms with Crippen LogP contribution in [0.25, 0.3) is 0 Å². The molecule has 3 nitrogen and oxygen atoms in total. The van der Waals surface area contributed by atoms with Gasteiger partial charge >= 0.3 is 0 Å². The van der Waals surface area contributed by atoms with Crippen LogP contribution in [0, 0.1) is 0 Å². The minimum absolute atomic E-state index is 0.606. The molecule has 0 aliphatic rings. The van der Waals surface area contributed by atoms with E-state index in [4.69, 9.17) is 4.74 Å². The van der Waals surface area contributed by atoms with Gasteiger partial charge in [0, 0.05) is 6.61 Å². The van der Waals surface area contributed by atoms with Crippen molar-refractivity contribution in [3.05, 3.63) is 35.9 Å². The van der Waals surface area contributed by atoms with Crippen LogP contribution in [0.5, 0.6) is 0 Å². The van der Waals surface area contributed by atoms with Crippen LogP contribution in [0.2, 0.25) is 0 Å². The lowest BCUT2D eigenvalue weighted by atomic mass is 10.2. The number of hydrogen-bond acceptors (Lipinski definition) is 3. The largest absolute Gasteiger partial charge is 0.377 e. The van der Waals surface area contributed by atoms with Crippen molar-refractivity contribution in [2.45, 2.75) is 32.3 Å². The minimum atomic E-state index is 0.606. The van der Waals surface area contributed by atoms with Crippen molar-refractivity contribution in [2.24, 2.45) is 4.99 Å². The van der Waals surface area contributed by atoms with Crippen molar-refractivity contribution in [1.82, 2.24) is 0 Å². The highest BCUT2D eigenvalue weighted by molar-refractivity contribution is 5.32. The van der Waals surface area contributed by atoms with Crippen LogP contribution in [0.15, 0.2) is 35.3 Å². The van der Waals surface area contributed by atoms with Crippen molar-refractivity contribution >= 4 is 6.08 Å². The maximum absolute atomic E-state index is 9.80. The van der Waals surface area contributed by atoms with E-state index in [1.807, 2.05) is 18.2 Å². The Hall–Kier alpha value is -1.44. The Balaban J connectivity index is 1.89. The fourth-order valence-electron chi connectivity index (χ4n) is 1.56. The van der Waals surface area contributed by atoms with E-state index in [0.717, 1.165) is 32.3 Å². The zero-order valence-corrected chi connectivity index (χ0v) is 10.1. The lowest BCUT2D eigenvalue weighted by molar-refractivity contribution is 0.117. The van der Waals surface area contributed by atoms with Gasteiger partial charge in [0.25, 0.3) is 0 Å². The maximum Gasteiger partial charge on any atom is 0.234 e. The predicted molar refractivity (Wildman–Crippen MR) is 67.6 cm³/mol. The molecule has 0 aliphatic carbocycles. The number of nitrogens with zero attached hydrogens (tertiary/aromatic N) is 1. The quantitative estimate of drug-likeness (QED) is 0.373. The van der Waals surface area contributed by atoms with Crippen molar-refractivity contribution in [2.75, 3.05) is 13.2 Å². The Morgan fingerprint density at radius 2 is 1.82 bits per heavy atom. The number of benzene rings is 1. The number of unbranched alkanes of at least 4 members (excludes halogenated alkanes) is 3. The SMILES string of the molecule is O=C=NCCCCCCOCc1ccccc1. The molecule has 1 aromatic rings. The van der Waals surface area contributed by atoms with E-state index in [9.17, 15) is 4.79 Å². The van der Waals surface area contributed by atoms with Gasteiger partial charge in [-0.2, -0.15) is 0 Å². The van der Waals surface area contributed by atoms with Crippen LogP contribution in [0.3, 0.4) is 0 Å². The monoisotopic (exact) mass is 233 g/mol. The van der Waals surface area contributed by atoms with Gasteiger partial charge < -0.3 is 4.74 Å². The molecule has 0 amide bonds. The summed E-state index contributed by atoms with van der Waals surface area (Å²) in [5.74, 6) is 0. The highest BCUT2D eigenvalue weighted by Gasteiger charge is 1.93. The molecular weight excluding hydrogens is 214 g/mol. The van der Waals surface area contributed by atoms with Crippen LogP contribution in [0.4, 0.5) is 0 Å². The third kappa shape index (κ3) is 7.45. The van der Waals surface area contributed by atoms with Gasteiger partial charge in [-0.25, -0.2) is 9.79 Å². The first kappa shape index (κ1) is 13.6. The first-order valence-electron chi connectivity index (χ1n) is 6.09. The fourth-order valence-corrected chi connectivity index (χ4v) is 1.56. The second kappa shape index (κ2) is 9.76. The van der Waals surface area contributed by atoms with E-state index < -0.39 is 0 Å². The standard InChI is InChI=1S/C14H19NO2/c16-13-15-10-6-1-2-7-11-17-12-14-8-4-3-5-9-14/h3-5,8-9H,1-2,6-7,10-12H2. The molecule has 0 atom stereocenters. The van der Waals surface area contributed by atoms with E-state index in [1.165, 1.54) is 5.56 Å². The first-order chi connectivity index (χ1) is 8.43. The average Bonchev–Trinajstić information content (AvgIpc) is 2.38. The van der Waals surface area contributed by atoms with E-state index in [2.05, 4.69) is 17.1 Å². The minimum Gasteiger partial charge on any atom is -0.377 e. The molecule has 0 fully saturated rings. The van der Waals surface area contributed by atoms with Gasteiger partial charge in [0.15, 0.2) is 0 Å². The number of aliphatic imine (C=N–C) groups is 1. The Kier molecular flexibility index (Phi) is 7.82. The molecular formula is C14H19NO2. The molecule has 0 N–H and O–H groups in total. The molecule has 0 bridgehead atoms. The molecule has 0 aromatic heterocycles. The van der Waals surface area contributed by atoms with E-state index in [1.54, 1.807) is 6.08 Å². The zero-order valence-electron chi connectivity index (χ0n) is 10.1. The summed E-state index contributed by atoms with van der Waals surface area (Å²) in [6, 6.07) is 10.2. The highest BCUT2D eigenvalue weighted by Crippen LogP contribution is 2.03. The van der Waals surface area contributed by atoms with Crippen LogP contribution in [0.1, 0.15) is 31.2 Å². The van der Waals surface area contributed by atoms with Crippen LogP contribution in [-0.4, -0.2) is 19.2 Å². The van der Waals surface area contributed by atoms with Gasteiger partial charge in [0.05, 0.1) is 13.2 Å². The maximum atomic E-state index is 9.80. The summed E-state index contributed by atoms with van der Waals surface area (Å²) in [6.07, 6.45) is 5.81. The smallest absolute Gasteiger partial charge is 0.234 e. The third-order valence-corrected chi connectivity index (χ3v) is 2.48. The van der Waals surface area contributed by atoms with Crippen molar-refractivity contribution in [3.63, 3.8) is 0 Å². The Bertz CT molecular complexity index is 331. The number of hydrogen-bond donors (Lipinski definition) is 0. The average molecular weight is 233 g/mol. The summed E-state index contributed by atoms with van der Waals surface area (Å²) < 4.78 is 5.56. The molecule has 0 spiro atoms. The molecule has 0 saturated carbocycles.